The molecule has 18 heavy (non-hydrogen) atoms. The molecule has 2 aliphatic heterocycles. The molecule has 0 aromatic heterocycles. The molecule has 0 aromatic carbocycles. The Bertz CT molecular complexity index is 234. The van der Waals surface area contributed by atoms with E-state index in [1.165, 1.54) is 52.0 Å². The van der Waals surface area contributed by atoms with Gasteiger partial charge in [0.15, 0.2) is 0 Å². The maximum Gasteiger partial charge on any atom is 0.0704 e. The van der Waals surface area contributed by atoms with Crippen LogP contribution in [0.3, 0.4) is 0 Å². The molecule has 4 heteroatoms. The third-order valence-corrected chi connectivity index (χ3v) is 4.24. The van der Waals surface area contributed by atoms with Crippen LogP contribution in [0.2, 0.25) is 0 Å². The van der Waals surface area contributed by atoms with Crippen LogP contribution >= 0.6 is 0 Å². The van der Waals surface area contributed by atoms with Gasteiger partial charge in [-0.05, 0) is 31.2 Å². The standard InChI is InChI=1S/C14H28N2O2/c1-14(5-6-15-11-14)12-16-7-3-13(4-8-16)18-10-9-17-2/h13,15H,3-12H2,1-2H3. The summed E-state index contributed by atoms with van der Waals surface area (Å²) in [6, 6.07) is 0. The number of likely N-dealkylation sites (tertiary alicyclic amines) is 1. The highest BCUT2D eigenvalue weighted by molar-refractivity contribution is 4.88. The summed E-state index contributed by atoms with van der Waals surface area (Å²) < 4.78 is 10.8. The molecule has 2 aliphatic rings. The van der Waals surface area contributed by atoms with Crippen molar-refractivity contribution in [3.05, 3.63) is 0 Å². The zero-order chi connectivity index (χ0) is 12.8. The van der Waals surface area contributed by atoms with Gasteiger partial charge in [0.1, 0.15) is 0 Å². The smallest absolute Gasteiger partial charge is 0.0704 e. The lowest BCUT2D eigenvalue weighted by Gasteiger charge is -2.36. The van der Waals surface area contributed by atoms with Crippen molar-refractivity contribution in [1.82, 2.24) is 10.2 Å². The summed E-state index contributed by atoms with van der Waals surface area (Å²) in [6.45, 7) is 9.84. The zero-order valence-corrected chi connectivity index (χ0v) is 11.9. The van der Waals surface area contributed by atoms with Gasteiger partial charge in [-0.2, -0.15) is 0 Å². The Kier molecular flexibility index (Phi) is 5.42. The number of hydrogen-bond donors (Lipinski definition) is 1. The van der Waals surface area contributed by atoms with Crippen LogP contribution in [0.15, 0.2) is 0 Å². The van der Waals surface area contributed by atoms with Crippen molar-refractivity contribution >= 4 is 0 Å². The van der Waals surface area contributed by atoms with Crippen molar-refractivity contribution in [2.75, 3.05) is 53.0 Å². The molecule has 0 bridgehead atoms. The molecule has 0 aliphatic carbocycles. The van der Waals surface area contributed by atoms with E-state index in [9.17, 15) is 0 Å². The second-order valence-electron chi connectivity index (χ2n) is 6.08. The third kappa shape index (κ3) is 4.19. The van der Waals surface area contributed by atoms with Gasteiger partial charge in [-0.15, -0.1) is 0 Å². The first kappa shape index (κ1) is 14.3. The molecule has 4 nitrogen and oxygen atoms in total. The zero-order valence-electron chi connectivity index (χ0n) is 11.9. The number of nitrogens with zero attached hydrogens (tertiary/aromatic N) is 1. The summed E-state index contributed by atoms with van der Waals surface area (Å²) >= 11 is 0. The van der Waals surface area contributed by atoms with Gasteiger partial charge in [-0.3, -0.25) is 0 Å². The summed E-state index contributed by atoms with van der Waals surface area (Å²) in [5.74, 6) is 0. The van der Waals surface area contributed by atoms with Crippen LogP contribution < -0.4 is 5.32 Å². The van der Waals surface area contributed by atoms with Crippen LogP contribution in [0.25, 0.3) is 0 Å². The molecule has 0 aromatic rings. The molecule has 1 N–H and O–H groups in total. The fourth-order valence-corrected chi connectivity index (χ4v) is 3.08. The fraction of sp³-hybridized carbons (Fsp3) is 1.00. The highest BCUT2D eigenvalue weighted by atomic mass is 16.5. The Morgan fingerprint density at radius 2 is 2.06 bits per heavy atom. The predicted octanol–water partition coefficient (Wildman–Crippen LogP) is 1.11. The highest BCUT2D eigenvalue weighted by Crippen LogP contribution is 2.27. The Balaban J connectivity index is 1.64. The van der Waals surface area contributed by atoms with Gasteiger partial charge in [-0.25, -0.2) is 0 Å². The normalized spacial score (nSPS) is 31.0. The van der Waals surface area contributed by atoms with Gasteiger partial charge in [0, 0.05) is 33.3 Å². The van der Waals surface area contributed by atoms with Crippen LogP contribution in [-0.2, 0) is 9.47 Å². The molecule has 0 amide bonds. The second-order valence-corrected chi connectivity index (χ2v) is 6.08. The summed E-state index contributed by atoms with van der Waals surface area (Å²) in [5, 5.41) is 3.48. The van der Waals surface area contributed by atoms with E-state index in [4.69, 9.17) is 9.47 Å². The SMILES string of the molecule is COCCOC1CCN(CC2(C)CCNC2)CC1. The third-order valence-electron chi connectivity index (χ3n) is 4.24. The van der Waals surface area contributed by atoms with Crippen molar-refractivity contribution in [1.29, 1.82) is 0 Å². The largest absolute Gasteiger partial charge is 0.382 e. The Morgan fingerprint density at radius 1 is 1.28 bits per heavy atom. The number of piperidine rings is 1. The van der Waals surface area contributed by atoms with Gasteiger partial charge in [0.05, 0.1) is 19.3 Å². The average Bonchev–Trinajstić information content (AvgIpc) is 2.78. The van der Waals surface area contributed by atoms with E-state index in [2.05, 4.69) is 17.1 Å². The molecule has 106 valence electrons. The fourth-order valence-electron chi connectivity index (χ4n) is 3.08. The first-order chi connectivity index (χ1) is 8.72. The minimum absolute atomic E-state index is 0.450. The predicted molar refractivity (Wildman–Crippen MR) is 72.9 cm³/mol. The summed E-state index contributed by atoms with van der Waals surface area (Å²) in [6.07, 6.45) is 4.11. The maximum atomic E-state index is 5.80. The van der Waals surface area contributed by atoms with Crippen LogP contribution in [0, 0.1) is 5.41 Å². The molecule has 2 saturated heterocycles. The maximum absolute atomic E-state index is 5.80. The van der Waals surface area contributed by atoms with Gasteiger partial charge in [-0.1, -0.05) is 6.92 Å². The number of methoxy groups -OCH3 is 1. The molecule has 0 radical (unpaired) electrons. The van der Waals surface area contributed by atoms with E-state index in [-0.39, 0.29) is 0 Å². The molecule has 0 saturated carbocycles. The topological polar surface area (TPSA) is 33.7 Å². The van der Waals surface area contributed by atoms with E-state index in [1.54, 1.807) is 7.11 Å². The van der Waals surface area contributed by atoms with Crippen LogP contribution in [0.1, 0.15) is 26.2 Å². The summed E-state index contributed by atoms with van der Waals surface area (Å²) in [5.41, 5.74) is 0.490. The lowest BCUT2D eigenvalue weighted by atomic mass is 9.88. The molecule has 1 atom stereocenters. The molecule has 2 fully saturated rings. The molecule has 2 heterocycles. The van der Waals surface area contributed by atoms with Gasteiger partial charge in [0.2, 0.25) is 0 Å². The molecule has 0 spiro atoms. The summed E-state index contributed by atoms with van der Waals surface area (Å²) in [4.78, 5) is 2.61. The quantitative estimate of drug-likeness (QED) is 0.722. The van der Waals surface area contributed by atoms with Crippen LogP contribution in [-0.4, -0.2) is 64.1 Å². The van der Waals surface area contributed by atoms with Gasteiger partial charge < -0.3 is 19.7 Å². The van der Waals surface area contributed by atoms with E-state index in [0.29, 0.717) is 18.1 Å². The van der Waals surface area contributed by atoms with Crippen molar-refractivity contribution in [3.8, 4) is 0 Å². The van der Waals surface area contributed by atoms with Crippen LogP contribution in [0.4, 0.5) is 0 Å². The number of nitrogens with one attached hydrogen (secondary N) is 1. The first-order valence-corrected chi connectivity index (χ1v) is 7.25. The lowest BCUT2D eigenvalue weighted by Crippen LogP contribution is -2.43. The van der Waals surface area contributed by atoms with Crippen molar-refractivity contribution in [2.24, 2.45) is 5.41 Å². The molecular formula is C14H28N2O2. The number of rotatable bonds is 6. The Labute approximate surface area is 111 Å². The van der Waals surface area contributed by atoms with E-state index < -0.39 is 0 Å². The molecular weight excluding hydrogens is 228 g/mol. The van der Waals surface area contributed by atoms with Gasteiger partial charge in [0.25, 0.3) is 0 Å². The number of ether oxygens (including phenoxy) is 2. The summed E-state index contributed by atoms with van der Waals surface area (Å²) in [7, 11) is 1.72. The lowest BCUT2D eigenvalue weighted by molar-refractivity contribution is -0.0192. The monoisotopic (exact) mass is 256 g/mol. The van der Waals surface area contributed by atoms with E-state index >= 15 is 0 Å². The number of hydrogen-bond acceptors (Lipinski definition) is 4. The highest BCUT2D eigenvalue weighted by Gasteiger charge is 2.32. The minimum Gasteiger partial charge on any atom is -0.382 e. The first-order valence-electron chi connectivity index (χ1n) is 7.25. The van der Waals surface area contributed by atoms with E-state index in [1.807, 2.05) is 0 Å². The average molecular weight is 256 g/mol. The van der Waals surface area contributed by atoms with Crippen molar-refractivity contribution in [3.63, 3.8) is 0 Å². The Morgan fingerprint density at radius 3 is 2.67 bits per heavy atom. The second kappa shape index (κ2) is 6.85. The van der Waals surface area contributed by atoms with Gasteiger partial charge >= 0.3 is 0 Å². The molecule has 2 rings (SSSR count). The van der Waals surface area contributed by atoms with Crippen molar-refractivity contribution in [2.45, 2.75) is 32.3 Å². The minimum atomic E-state index is 0.450. The Hall–Kier alpha value is -0.160. The van der Waals surface area contributed by atoms with Crippen molar-refractivity contribution < 1.29 is 9.47 Å². The van der Waals surface area contributed by atoms with E-state index in [0.717, 1.165) is 6.61 Å². The van der Waals surface area contributed by atoms with Crippen LogP contribution in [0.5, 0.6) is 0 Å². The molecule has 1 unspecified atom stereocenters.